The highest BCUT2D eigenvalue weighted by Crippen LogP contribution is 2.46. The number of hydrogen-bond donors (Lipinski definition) is 2. The highest BCUT2D eigenvalue weighted by atomic mass is 19.1. The number of nitro groups is 1. The number of benzene rings is 2. The number of ketones is 1. The second-order valence-corrected chi connectivity index (χ2v) is 7.85. The van der Waals surface area contributed by atoms with Crippen molar-refractivity contribution in [1.29, 1.82) is 0 Å². The molecule has 0 fully saturated rings. The molecule has 1 heterocycles. The van der Waals surface area contributed by atoms with Gasteiger partial charge in [0.1, 0.15) is 5.82 Å². The number of nitrogens with zero attached hydrogens (tertiary/aromatic N) is 1. The number of halogens is 1. The van der Waals surface area contributed by atoms with E-state index in [0.717, 1.165) is 5.56 Å². The predicted molar refractivity (Wildman–Crippen MR) is 112 cm³/mol. The van der Waals surface area contributed by atoms with E-state index in [9.17, 15) is 29.2 Å². The number of allylic oxidation sites excluding steroid dienone is 2. The summed E-state index contributed by atoms with van der Waals surface area (Å²) in [4.78, 5) is 36.4. The van der Waals surface area contributed by atoms with Crippen LogP contribution in [0, 0.1) is 15.9 Å². The maximum Gasteiger partial charge on any atom is 0.314 e. The average Bonchev–Trinajstić information content (AvgIpc) is 2.74. The van der Waals surface area contributed by atoms with Gasteiger partial charge >= 0.3 is 5.69 Å². The molecule has 2 N–H and O–H groups in total. The molecule has 32 heavy (non-hydrogen) atoms. The number of hydrogen-bond acceptors (Lipinski definition) is 6. The minimum Gasteiger partial charge on any atom is -0.500 e. The largest absolute Gasteiger partial charge is 0.500 e. The van der Waals surface area contributed by atoms with Crippen molar-refractivity contribution in [1.82, 2.24) is 5.32 Å². The summed E-state index contributed by atoms with van der Waals surface area (Å²) in [6.45, 7) is 1.85. The Balaban J connectivity index is 1.77. The van der Waals surface area contributed by atoms with Crippen molar-refractivity contribution in [3.05, 3.63) is 74.7 Å². The highest BCUT2D eigenvalue weighted by molar-refractivity contribution is 6.02. The summed E-state index contributed by atoms with van der Waals surface area (Å²) in [5, 5.41) is 24.4. The van der Waals surface area contributed by atoms with Crippen molar-refractivity contribution in [2.75, 3.05) is 6.61 Å². The van der Waals surface area contributed by atoms with Gasteiger partial charge in [0.15, 0.2) is 11.5 Å². The zero-order valence-electron chi connectivity index (χ0n) is 17.3. The van der Waals surface area contributed by atoms with E-state index in [2.05, 4.69) is 5.32 Å². The normalized spacial score (nSPS) is 20.6. The number of carbonyl (C=O) groups excluding carboxylic acids is 2. The predicted octanol–water partition coefficient (Wildman–Crippen LogP) is 3.84. The van der Waals surface area contributed by atoms with E-state index < -0.39 is 22.3 Å². The molecular formula is C23H21FN2O6. The van der Waals surface area contributed by atoms with Gasteiger partial charge in [0.05, 0.1) is 11.5 Å². The van der Waals surface area contributed by atoms with E-state index in [1.54, 1.807) is 19.1 Å². The van der Waals surface area contributed by atoms with Crippen LogP contribution in [0.25, 0.3) is 0 Å². The van der Waals surface area contributed by atoms with Crippen LogP contribution in [0.3, 0.4) is 0 Å². The molecule has 2 atom stereocenters. The minimum absolute atomic E-state index is 0.0563. The van der Waals surface area contributed by atoms with Crippen molar-refractivity contribution in [3.8, 4) is 11.5 Å². The lowest BCUT2D eigenvalue weighted by Crippen LogP contribution is -2.38. The summed E-state index contributed by atoms with van der Waals surface area (Å²) in [5.74, 6) is -2.44. The lowest BCUT2D eigenvalue weighted by molar-refractivity contribution is -0.386. The molecule has 1 amide bonds. The standard InChI is InChI=1S/C23H21FN2O6/c1-2-32-20-10-14(8-18(23(20)29)26(30)31)16-11-21(28)25-17-7-13(9-19(27)22(16)17)12-3-5-15(24)6-4-12/h3-6,8,10,13,16,29H,2,7,9,11H2,1H3,(H,25,28)/t13-,16+/m0/s1. The number of nitrogens with one attached hydrogen (secondary N) is 1. The molecule has 8 nitrogen and oxygen atoms in total. The van der Waals surface area contributed by atoms with Crippen molar-refractivity contribution in [2.24, 2.45) is 0 Å². The number of rotatable bonds is 5. The Morgan fingerprint density at radius 1 is 1.16 bits per heavy atom. The Morgan fingerprint density at radius 3 is 2.53 bits per heavy atom. The quantitative estimate of drug-likeness (QED) is 0.539. The van der Waals surface area contributed by atoms with Crippen LogP contribution in [0.4, 0.5) is 10.1 Å². The van der Waals surface area contributed by atoms with E-state index in [0.29, 0.717) is 23.3 Å². The zero-order valence-corrected chi connectivity index (χ0v) is 17.3. The molecule has 0 saturated carbocycles. The first-order valence-electron chi connectivity index (χ1n) is 10.2. The van der Waals surface area contributed by atoms with Gasteiger partial charge in [0.25, 0.3) is 0 Å². The second-order valence-electron chi connectivity index (χ2n) is 7.85. The average molecular weight is 440 g/mol. The van der Waals surface area contributed by atoms with Gasteiger partial charge in [0, 0.05) is 36.1 Å². The van der Waals surface area contributed by atoms with Crippen molar-refractivity contribution < 1.29 is 28.7 Å². The SMILES string of the molecule is CCOc1cc([C@H]2CC(=O)NC3=C2C(=O)C[C@@H](c2ccc(F)cc2)C3)cc([N+](=O)[O-])c1O. The minimum atomic E-state index is -0.729. The van der Waals surface area contributed by atoms with E-state index in [-0.39, 0.29) is 48.6 Å². The topological polar surface area (TPSA) is 119 Å². The van der Waals surface area contributed by atoms with Gasteiger partial charge in [-0.05, 0) is 48.6 Å². The number of ether oxygens (including phenoxy) is 1. The van der Waals surface area contributed by atoms with Crippen molar-refractivity contribution >= 4 is 17.4 Å². The molecule has 9 heteroatoms. The molecule has 166 valence electrons. The number of phenolic OH excluding ortho intramolecular Hbond substituents is 1. The lowest BCUT2D eigenvalue weighted by atomic mass is 9.73. The van der Waals surface area contributed by atoms with Gasteiger partial charge in [-0.2, -0.15) is 0 Å². The van der Waals surface area contributed by atoms with Crippen LogP contribution in [-0.2, 0) is 9.59 Å². The molecule has 4 rings (SSSR count). The van der Waals surface area contributed by atoms with Crippen molar-refractivity contribution in [2.45, 2.75) is 38.0 Å². The molecule has 2 aromatic rings. The van der Waals surface area contributed by atoms with Crippen molar-refractivity contribution in [3.63, 3.8) is 0 Å². The Kier molecular flexibility index (Phi) is 5.65. The van der Waals surface area contributed by atoms with E-state index in [1.807, 2.05) is 0 Å². The third kappa shape index (κ3) is 3.93. The second kappa shape index (κ2) is 8.41. The third-order valence-electron chi connectivity index (χ3n) is 5.85. The summed E-state index contributed by atoms with van der Waals surface area (Å²) in [7, 11) is 0. The Bertz CT molecular complexity index is 1140. The van der Waals surface area contributed by atoms with Gasteiger partial charge < -0.3 is 15.2 Å². The van der Waals surface area contributed by atoms with Crippen LogP contribution in [0.15, 0.2) is 47.7 Å². The monoisotopic (exact) mass is 440 g/mol. The summed E-state index contributed by atoms with van der Waals surface area (Å²) in [6.07, 6.45) is 0.502. The number of carbonyl (C=O) groups is 2. The maximum atomic E-state index is 13.3. The highest BCUT2D eigenvalue weighted by Gasteiger charge is 2.39. The fourth-order valence-electron chi connectivity index (χ4n) is 4.44. The van der Waals surface area contributed by atoms with Crippen LogP contribution in [0.1, 0.15) is 49.1 Å². The maximum absolute atomic E-state index is 13.3. The fraction of sp³-hybridized carbons (Fsp3) is 0.304. The van der Waals surface area contributed by atoms with E-state index in [1.165, 1.54) is 24.3 Å². The van der Waals surface area contributed by atoms with Gasteiger partial charge in [0.2, 0.25) is 11.7 Å². The van der Waals surface area contributed by atoms with Crippen LogP contribution < -0.4 is 10.1 Å². The molecule has 0 radical (unpaired) electrons. The molecule has 0 saturated heterocycles. The van der Waals surface area contributed by atoms with E-state index >= 15 is 0 Å². The summed E-state index contributed by atoms with van der Waals surface area (Å²) in [5.41, 5.74) is 1.48. The van der Waals surface area contributed by atoms with Crippen LogP contribution in [0.5, 0.6) is 11.5 Å². The molecule has 0 unspecified atom stereocenters. The first kappa shape index (κ1) is 21.5. The number of nitro benzene ring substituents is 1. The summed E-state index contributed by atoms with van der Waals surface area (Å²) < 4.78 is 18.6. The zero-order chi connectivity index (χ0) is 23.0. The molecule has 0 spiro atoms. The first-order valence-corrected chi connectivity index (χ1v) is 10.2. The molecule has 1 aliphatic heterocycles. The number of Topliss-reactive ketones (excluding diaryl/α,β-unsaturated/α-hetero) is 1. The van der Waals surface area contributed by atoms with E-state index in [4.69, 9.17) is 4.74 Å². The summed E-state index contributed by atoms with van der Waals surface area (Å²) >= 11 is 0. The number of amides is 1. The number of phenols is 1. The van der Waals surface area contributed by atoms with Crippen LogP contribution in [0.2, 0.25) is 0 Å². The molecule has 0 bridgehead atoms. The Morgan fingerprint density at radius 2 is 1.88 bits per heavy atom. The van der Waals surface area contributed by atoms with Gasteiger partial charge in [-0.25, -0.2) is 4.39 Å². The van der Waals surface area contributed by atoms with Gasteiger partial charge in [-0.3, -0.25) is 19.7 Å². The van der Waals surface area contributed by atoms with Crippen LogP contribution in [-0.4, -0.2) is 28.3 Å². The fourth-order valence-corrected chi connectivity index (χ4v) is 4.44. The van der Waals surface area contributed by atoms with Gasteiger partial charge in [-0.15, -0.1) is 0 Å². The smallest absolute Gasteiger partial charge is 0.314 e. The first-order chi connectivity index (χ1) is 15.3. The Hall–Kier alpha value is -3.75. The summed E-state index contributed by atoms with van der Waals surface area (Å²) in [6, 6.07) is 8.54. The molecular weight excluding hydrogens is 419 g/mol. The van der Waals surface area contributed by atoms with Gasteiger partial charge in [-0.1, -0.05) is 12.1 Å². The molecule has 2 aliphatic rings. The number of aromatic hydroxyl groups is 1. The molecule has 1 aliphatic carbocycles. The third-order valence-corrected chi connectivity index (χ3v) is 5.85. The lowest BCUT2D eigenvalue weighted by Gasteiger charge is -2.34. The molecule has 0 aromatic heterocycles. The van der Waals surface area contributed by atoms with Crippen LogP contribution >= 0.6 is 0 Å². The Labute approximate surface area is 182 Å². The molecule has 2 aromatic carbocycles.